The Labute approximate surface area is 87.5 Å². The predicted octanol–water partition coefficient (Wildman–Crippen LogP) is 3.29. The first-order valence-corrected chi connectivity index (χ1v) is 5.81. The molecule has 0 aromatic heterocycles. The Morgan fingerprint density at radius 1 is 1.21 bits per heavy atom. The van der Waals surface area contributed by atoms with Crippen molar-refractivity contribution in [3.8, 4) is 0 Å². The molecule has 1 atom stereocenters. The molecule has 1 heterocycles. The Bertz CT molecular complexity index is 164. The summed E-state index contributed by atoms with van der Waals surface area (Å²) in [6, 6.07) is 0. The first-order valence-electron chi connectivity index (χ1n) is 5.81. The molecule has 0 aromatic rings. The largest absolute Gasteiger partial charge is 0.317 e. The van der Waals surface area contributed by atoms with Crippen LogP contribution in [0.5, 0.6) is 0 Å². The van der Waals surface area contributed by atoms with Crippen LogP contribution < -0.4 is 5.32 Å². The molecule has 2 heteroatoms. The minimum atomic E-state index is -0.892. The van der Waals surface area contributed by atoms with Gasteiger partial charge in [0.25, 0.3) is 0 Å². The van der Waals surface area contributed by atoms with Gasteiger partial charge in [0.2, 0.25) is 0 Å². The SMILES string of the molecule is CC(C)(C)CCC1(F)CCCNCC1. The van der Waals surface area contributed by atoms with Crippen LogP contribution in [0.25, 0.3) is 0 Å². The van der Waals surface area contributed by atoms with Crippen molar-refractivity contribution >= 4 is 0 Å². The zero-order valence-corrected chi connectivity index (χ0v) is 9.83. The van der Waals surface area contributed by atoms with Crippen LogP contribution in [-0.4, -0.2) is 18.8 Å². The molecule has 1 nitrogen and oxygen atoms in total. The minimum absolute atomic E-state index is 0.263. The molecule has 0 amide bonds. The summed E-state index contributed by atoms with van der Waals surface area (Å²) in [4.78, 5) is 0. The van der Waals surface area contributed by atoms with E-state index in [1.165, 1.54) is 0 Å². The maximum Gasteiger partial charge on any atom is 0.112 e. The van der Waals surface area contributed by atoms with Gasteiger partial charge in [-0.3, -0.25) is 0 Å². The van der Waals surface area contributed by atoms with Gasteiger partial charge in [0.05, 0.1) is 0 Å². The van der Waals surface area contributed by atoms with Crippen molar-refractivity contribution in [1.82, 2.24) is 5.32 Å². The van der Waals surface area contributed by atoms with Gasteiger partial charge in [-0.2, -0.15) is 0 Å². The van der Waals surface area contributed by atoms with Crippen molar-refractivity contribution in [3.05, 3.63) is 0 Å². The fourth-order valence-corrected chi connectivity index (χ4v) is 1.94. The van der Waals surface area contributed by atoms with Crippen LogP contribution in [-0.2, 0) is 0 Å². The first kappa shape index (κ1) is 12.0. The summed E-state index contributed by atoms with van der Waals surface area (Å²) in [5.74, 6) is 0. The van der Waals surface area contributed by atoms with Crippen molar-refractivity contribution < 1.29 is 4.39 Å². The van der Waals surface area contributed by atoms with Crippen molar-refractivity contribution in [2.24, 2.45) is 5.41 Å². The second-order valence-corrected chi connectivity index (χ2v) is 5.82. The van der Waals surface area contributed by atoms with Gasteiger partial charge in [-0.1, -0.05) is 20.8 Å². The van der Waals surface area contributed by atoms with Crippen LogP contribution in [0.1, 0.15) is 52.9 Å². The number of nitrogens with one attached hydrogen (secondary N) is 1. The van der Waals surface area contributed by atoms with E-state index < -0.39 is 5.67 Å². The molecule has 1 N–H and O–H groups in total. The number of hydrogen-bond acceptors (Lipinski definition) is 1. The molecule has 84 valence electrons. The van der Waals surface area contributed by atoms with Crippen molar-refractivity contribution in [1.29, 1.82) is 0 Å². The third kappa shape index (κ3) is 4.41. The summed E-state index contributed by atoms with van der Waals surface area (Å²) >= 11 is 0. The van der Waals surface area contributed by atoms with E-state index in [0.717, 1.165) is 38.8 Å². The monoisotopic (exact) mass is 201 g/mol. The van der Waals surface area contributed by atoms with Crippen LogP contribution in [0.4, 0.5) is 4.39 Å². The molecule has 1 aliphatic rings. The molecule has 0 spiro atoms. The fourth-order valence-electron chi connectivity index (χ4n) is 1.94. The summed E-state index contributed by atoms with van der Waals surface area (Å²) in [6.45, 7) is 8.39. The Hall–Kier alpha value is -0.110. The first-order chi connectivity index (χ1) is 6.41. The summed E-state index contributed by atoms with van der Waals surface area (Å²) in [5.41, 5.74) is -0.629. The summed E-state index contributed by atoms with van der Waals surface area (Å²) < 4.78 is 14.3. The number of rotatable bonds is 2. The van der Waals surface area contributed by atoms with E-state index >= 15 is 0 Å². The maximum absolute atomic E-state index is 14.3. The lowest BCUT2D eigenvalue weighted by molar-refractivity contribution is 0.112. The van der Waals surface area contributed by atoms with Crippen LogP contribution in [0.3, 0.4) is 0 Å². The molecule has 1 fully saturated rings. The van der Waals surface area contributed by atoms with E-state index in [4.69, 9.17) is 0 Å². The highest BCUT2D eigenvalue weighted by atomic mass is 19.1. The molecule has 1 saturated heterocycles. The summed E-state index contributed by atoms with van der Waals surface area (Å²) in [6.07, 6.45) is 4.15. The van der Waals surface area contributed by atoms with Gasteiger partial charge >= 0.3 is 0 Å². The van der Waals surface area contributed by atoms with Crippen LogP contribution in [0, 0.1) is 5.41 Å². The average molecular weight is 201 g/mol. The van der Waals surface area contributed by atoms with Crippen molar-refractivity contribution in [2.75, 3.05) is 13.1 Å². The number of halogens is 1. The van der Waals surface area contributed by atoms with Gasteiger partial charge in [0.1, 0.15) is 5.67 Å². The van der Waals surface area contributed by atoms with Crippen LogP contribution >= 0.6 is 0 Å². The van der Waals surface area contributed by atoms with E-state index in [2.05, 4.69) is 26.1 Å². The highest BCUT2D eigenvalue weighted by Gasteiger charge is 2.31. The smallest absolute Gasteiger partial charge is 0.112 e. The Morgan fingerprint density at radius 2 is 1.93 bits per heavy atom. The quantitative estimate of drug-likeness (QED) is 0.723. The predicted molar refractivity (Wildman–Crippen MR) is 59.2 cm³/mol. The van der Waals surface area contributed by atoms with Gasteiger partial charge in [-0.15, -0.1) is 0 Å². The molecule has 1 unspecified atom stereocenters. The molecule has 14 heavy (non-hydrogen) atoms. The van der Waals surface area contributed by atoms with E-state index in [-0.39, 0.29) is 5.41 Å². The van der Waals surface area contributed by atoms with E-state index in [0.29, 0.717) is 6.42 Å². The zero-order valence-electron chi connectivity index (χ0n) is 9.83. The Morgan fingerprint density at radius 3 is 2.57 bits per heavy atom. The molecule has 1 aliphatic heterocycles. The van der Waals surface area contributed by atoms with Gasteiger partial charge in [-0.05, 0) is 50.6 Å². The molecule has 0 bridgehead atoms. The summed E-state index contributed by atoms with van der Waals surface area (Å²) in [7, 11) is 0. The fraction of sp³-hybridized carbons (Fsp3) is 1.00. The van der Waals surface area contributed by atoms with E-state index in [9.17, 15) is 4.39 Å². The lowest BCUT2D eigenvalue weighted by Crippen LogP contribution is -2.26. The summed E-state index contributed by atoms with van der Waals surface area (Å²) in [5, 5.41) is 3.26. The third-order valence-electron chi connectivity index (χ3n) is 3.05. The Kier molecular flexibility index (Phi) is 3.94. The van der Waals surface area contributed by atoms with Gasteiger partial charge in [0.15, 0.2) is 0 Å². The average Bonchev–Trinajstić information content (AvgIpc) is 2.27. The van der Waals surface area contributed by atoms with Crippen LogP contribution in [0.2, 0.25) is 0 Å². The molecular weight excluding hydrogens is 177 g/mol. The van der Waals surface area contributed by atoms with E-state index in [1.54, 1.807) is 0 Å². The minimum Gasteiger partial charge on any atom is -0.317 e. The topological polar surface area (TPSA) is 12.0 Å². The lowest BCUT2D eigenvalue weighted by atomic mass is 9.83. The second-order valence-electron chi connectivity index (χ2n) is 5.82. The normalized spacial score (nSPS) is 30.0. The van der Waals surface area contributed by atoms with E-state index in [1.807, 2.05) is 0 Å². The molecular formula is C12H24FN. The van der Waals surface area contributed by atoms with Gasteiger partial charge < -0.3 is 5.32 Å². The van der Waals surface area contributed by atoms with Crippen molar-refractivity contribution in [3.63, 3.8) is 0 Å². The maximum atomic E-state index is 14.3. The second kappa shape index (κ2) is 4.61. The molecule has 0 saturated carbocycles. The van der Waals surface area contributed by atoms with Crippen LogP contribution in [0.15, 0.2) is 0 Å². The number of alkyl halides is 1. The number of hydrogen-bond donors (Lipinski definition) is 1. The lowest BCUT2D eigenvalue weighted by Gasteiger charge is -2.27. The molecule has 0 radical (unpaired) electrons. The van der Waals surface area contributed by atoms with Crippen molar-refractivity contribution in [2.45, 2.75) is 58.5 Å². The molecule has 0 aromatic carbocycles. The Balaban J connectivity index is 2.39. The highest BCUT2D eigenvalue weighted by molar-refractivity contribution is 4.84. The standard InChI is InChI=1S/C12H24FN/c1-11(2,3)6-7-12(13)5-4-9-14-10-8-12/h14H,4-10H2,1-3H3. The molecule has 1 rings (SSSR count). The molecule has 0 aliphatic carbocycles. The highest BCUT2D eigenvalue weighted by Crippen LogP contribution is 2.34. The van der Waals surface area contributed by atoms with Gasteiger partial charge in [-0.25, -0.2) is 4.39 Å². The zero-order chi connectivity index (χ0) is 10.7. The van der Waals surface area contributed by atoms with Gasteiger partial charge in [0, 0.05) is 0 Å². The third-order valence-corrected chi connectivity index (χ3v) is 3.05.